The Kier molecular flexibility index (Phi) is 6.44. The summed E-state index contributed by atoms with van der Waals surface area (Å²) in [5.74, 6) is 0.107. The van der Waals surface area contributed by atoms with Gasteiger partial charge in [-0.1, -0.05) is 18.5 Å². The summed E-state index contributed by atoms with van der Waals surface area (Å²) in [7, 11) is 0. The second kappa shape index (κ2) is 8.08. The van der Waals surface area contributed by atoms with Crippen LogP contribution in [0.2, 0.25) is 5.15 Å². The molecule has 0 radical (unpaired) electrons. The SMILES string of the molecule is CCC1CC(Nc2ncc(C(F)(F)F)nc2Cl)CCN1C(=O)OC(C)(C)C. The lowest BCUT2D eigenvalue weighted by atomic mass is 9.95. The molecule has 0 aromatic carbocycles. The zero-order valence-corrected chi connectivity index (χ0v) is 16.5. The number of likely N-dealkylation sites (tertiary alicyclic amines) is 1. The monoisotopic (exact) mass is 408 g/mol. The molecule has 1 fully saturated rings. The van der Waals surface area contributed by atoms with Gasteiger partial charge in [-0.2, -0.15) is 13.2 Å². The van der Waals surface area contributed by atoms with Gasteiger partial charge in [0.15, 0.2) is 16.7 Å². The van der Waals surface area contributed by atoms with E-state index in [1.165, 1.54) is 0 Å². The highest BCUT2D eigenvalue weighted by Crippen LogP contribution is 2.31. The number of aromatic nitrogens is 2. The highest BCUT2D eigenvalue weighted by atomic mass is 35.5. The topological polar surface area (TPSA) is 67.4 Å². The van der Waals surface area contributed by atoms with Crippen molar-refractivity contribution in [1.29, 1.82) is 0 Å². The number of nitrogens with zero attached hydrogens (tertiary/aromatic N) is 3. The number of amides is 1. The van der Waals surface area contributed by atoms with E-state index in [-0.39, 0.29) is 29.1 Å². The largest absolute Gasteiger partial charge is 0.444 e. The number of nitrogens with one attached hydrogen (secondary N) is 1. The first kappa shape index (κ1) is 21.5. The molecule has 1 aromatic heterocycles. The molecule has 10 heteroatoms. The molecule has 1 aliphatic rings. The van der Waals surface area contributed by atoms with E-state index in [4.69, 9.17) is 16.3 Å². The molecule has 1 aromatic rings. The van der Waals surface area contributed by atoms with Crippen LogP contribution >= 0.6 is 11.6 Å². The van der Waals surface area contributed by atoms with Gasteiger partial charge in [0.1, 0.15) is 5.60 Å². The molecular formula is C17H24ClF3N4O2. The number of carbonyl (C=O) groups excluding carboxylic acids is 1. The van der Waals surface area contributed by atoms with Gasteiger partial charge in [-0.15, -0.1) is 0 Å². The number of carbonyl (C=O) groups is 1. The van der Waals surface area contributed by atoms with Crippen LogP contribution < -0.4 is 5.32 Å². The second-order valence-electron chi connectivity index (χ2n) is 7.49. The highest BCUT2D eigenvalue weighted by molar-refractivity contribution is 6.31. The van der Waals surface area contributed by atoms with Crippen molar-refractivity contribution in [3.8, 4) is 0 Å². The van der Waals surface area contributed by atoms with Gasteiger partial charge in [0, 0.05) is 18.6 Å². The van der Waals surface area contributed by atoms with Gasteiger partial charge >= 0.3 is 12.3 Å². The van der Waals surface area contributed by atoms with E-state index in [1.54, 1.807) is 4.90 Å². The van der Waals surface area contributed by atoms with Gasteiger partial charge in [-0.3, -0.25) is 0 Å². The zero-order valence-electron chi connectivity index (χ0n) is 15.7. The summed E-state index contributed by atoms with van der Waals surface area (Å²) in [4.78, 5) is 21.2. The molecule has 0 bridgehead atoms. The third kappa shape index (κ3) is 5.85. The van der Waals surface area contributed by atoms with Crippen LogP contribution in [0, 0.1) is 0 Å². The number of alkyl halides is 3. The van der Waals surface area contributed by atoms with Crippen LogP contribution in [0.5, 0.6) is 0 Å². The summed E-state index contributed by atoms with van der Waals surface area (Å²) < 4.78 is 43.4. The van der Waals surface area contributed by atoms with E-state index < -0.39 is 17.5 Å². The fraction of sp³-hybridized carbons (Fsp3) is 0.706. The normalized spacial score (nSPS) is 21.1. The van der Waals surface area contributed by atoms with Crippen molar-refractivity contribution in [2.24, 2.45) is 0 Å². The summed E-state index contributed by atoms with van der Waals surface area (Å²) in [5.41, 5.74) is -1.71. The number of piperidine rings is 1. The molecule has 1 amide bonds. The standard InChI is InChI=1S/C17H24ClF3N4O2/c1-5-11-8-10(6-7-25(11)15(26)27-16(2,3)4)23-14-13(18)24-12(9-22-14)17(19,20)21/h9-11H,5-8H2,1-4H3,(H,22,23). The molecule has 0 spiro atoms. The Morgan fingerprint density at radius 1 is 1.41 bits per heavy atom. The lowest BCUT2D eigenvalue weighted by Crippen LogP contribution is -2.50. The van der Waals surface area contributed by atoms with E-state index in [9.17, 15) is 18.0 Å². The van der Waals surface area contributed by atoms with Crippen LogP contribution in [0.25, 0.3) is 0 Å². The van der Waals surface area contributed by atoms with Crippen molar-refractivity contribution in [2.75, 3.05) is 11.9 Å². The van der Waals surface area contributed by atoms with E-state index in [0.717, 1.165) is 6.42 Å². The minimum Gasteiger partial charge on any atom is -0.444 e. The van der Waals surface area contributed by atoms with Gasteiger partial charge in [-0.05, 0) is 40.0 Å². The number of rotatable bonds is 3. The average molecular weight is 409 g/mol. The predicted molar refractivity (Wildman–Crippen MR) is 95.7 cm³/mol. The van der Waals surface area contributed by atoms with Gasteiger partial charge in [0.05, 0.1) is 6.20 Å². The molecule has 0 saturated carbocycles. The Balaban J connectivity index is 2.04. The Bertz CT molecular complexity index is 679. The quantitative estimate of drug-likeness (QED) is 0.782. The van der Waals surface area contributed by atoms with E-state index in [0.29, 0.717) is 25.6 Å². The first-order valence-corrected chi connectivity index (χ1v) is 9.14. The smallest absolute Gasteiger partial charge is 0.434 e. The maximum absolute atomic E-state index is 12.7. The van der Waals surface area contributed by atoms with Crippen molar-refractivity contribution in [2.45, 2.75) is 70.8 Å². The third-order valence-electron chi connectivity index (χ3n) is 4.18. The Labute approximate surface area is 161 Å². The first-order valence-electron chi connectivity index (χ1n) is 8.76. The lowest BCUT2D eigenvalue weighted by Gasteiger charge is -2.40. The Morgan fingerprint density at radius 3 is 2.59 bits per heavy atom. The molecule has 2 heterocycles. The lowest BCUT2D eigenvalue weighted by molar-refractivity contribution is -0.141. The van der Waals surface area contributed by atoms with Crippen molar-refractivity contribution in [3.05, 3.63) is 17.0 Å². The summed E-state index contributed by atoms with van der Waals surface area (Å²) in [6, 6.07) is -0.135. The maximum Gasteiger partial charge on any atom is 0.434 e. The molecule has 152 valence electrons. The van der Waals surface area contributed by atoms with Crippen molar-refractivity contribution >= 4 is 23.5 Å². The third-order valence-corrected chi connectivity index (χ3v) is 4.44. The molecule has 1 aliphatic heterocycles. The fourth-order valence-electron chi connectivity index (χ4n) is 2.92. The number of halogens is 4. The number of ether oxygens (including phenoxy) is 1. The number of hydrogen-bond acceptors (Lipinski definition) is 5. The van der Waals surface area contributed by atoms with Crippen LogP contribution in [-0.4, -0.2) is 45.2 Å². The van der Waals surface area contributed by atoms with Gasteiger partial charge in [0.2, 0.25) is 0 Å². The molecule has 2 atom stereocenters. The molecule has 1 N–H and O–H groups in total. The Hall–Kier alpha value is -1.77. The van der Waals surface area contributed by atoms with Crippen LogP contribution in [0.3, 0.4) is 0 Å². The van der Waals surface area contributed by atoms with Gasteiger partial charge in [-0.25, -0.2) is 14.8 Å². The summed E-state index contributed by atoms with van der Waals surface area (Å²) in [5, 5.41) is 2.72. The van der Waals surface area contributed by atoms with E-state index in [1.807, 2.05) is 27.7 Å². The van der Waals surface area contributed by atoms with E-state index >= 15 is 0 Å². The highest BCUT2D eigenvalue weighted by Gasteiger charge is 2.35. The van der Waals surface area contributed by atoms with Crippen LogP contribution in [-0.2, 0) is 10.9 Å². The zero-order chi connectivity index (χ0) is 20.4. The molecule has 2 rings (SSSR count). The molecular weight excluding hydrogens is 385 g/mol. The fourth-order valence-corrected chi connectivity index (χ4v) is 3.12. The molecule has 0 aliphatic carbocycles. The van der Waals surface area contributed by atoms with Crippen LogP contribution in [0.4, 0.5) is 23.8 Å². The number of hydrogen-bond donors (Lipinski definition) is 1. The van der Waals surface area contributed by atoms with Crippen molar-refractivity contribution < 1.29 is 22.7 Å². The first-order chi connectivity index (χ1) is 12.4. The molecule has 6 nitrogen and oxygen atoms in total. The van der Waals surface area contributed by atoms with Gasteiger partial charge in [0.25, 0.3) is 0 Å². The minimum atomic E-state index is -4.60. The molecule has 1 saturated heterocycles. The van der Waals surface area contributed by atoms with E-state index in [2.05, 4.69) is 15.3 Å². The van der Waals surface area contributed by atoms with Crippen molar-refractivity contribution in [1.82, 2.24) is 14.9 Å². The Morgan fingerprint density at radius 2 is 2.07 bits per heavy atom. The van der Waals surface area contributed by atoms with Crippen LogP contribution in [0.1, 0.15) is 52.7 Å². The molecule has 27 heavy (non-hydrogen) atoms. The summed E-state index contributed by atoms with van der Waals surface area (Å²) in [6.07, 6.45) is -2.38. The summed E-state index contributed by atoms with van der Waals surface area (Å²) in [6.45, 7) is 7.87. The van der Waals surface area contributed by atoms with Gasteiger partial charge < -0.3 is 15.0 Å². The maximum atomic E-state index is 12.7. The predicted octanol–water partition coefficient (Wildman–Crippen LogP) is 4.74. The average Bonchev–Trinajstić information content (AvgIpc) is 2.54. The molecule has 2 unspecified atom stereocenters. The number of anilines is 1. The van der Waals surface area contributed by atoms with Crippen LogP contribution in [0.15, 0.2) is 6.20 Å². The van der Waals surface area contributed by atoms with Crippen molar-refractivity contribution in [3.63, 3.8) is 0 Å². The second-order valence-corrected chi connectivity index (χ2v) is 7.85. The summed E-state index contributed by atoms with van der Waals surface area (Å²) >= 11 is 5.86. The minimum absolute atomic E-state index is 0.0488.